The summed E-state index contributed by atoms with van der Waals surface area (Å²) in [4.78, 5) is 0. The minimum atomic E-state index is 0.0215. The molecule has 1 aliphatic rings. The van der Waals surface area contributed by atoms with Crippen molar-refractivity contribution in [1.82, 2.24) is 0 Å². The molecular formula is C24H29N2+. The summed E-state index contributed by atoms with van der Waals surface area (Å²) in [6.07, 6.45) is 9.57. The van der Waals surface area contributed by atoms with Crippen LogP contribution in [0.5, 0.6) is 0 Å². The largest absolute Gasteiger partial charge is 0.362 e. The zero-order chi connectivity index (χ0) is 18.6. The van der Waals surface area contributed by atoms with Crippen molar-refractivity contribution in [1.29, 1.82) is 0 Å². The summed E-state index contributed by atoms with van der Waals surface area (Å²) in [5, 5.41) is 3.30. The van der Waals surface area contributed by atoms with Crippen LogP contribution in [0, 0.1) is 6.92 Å². The van der Waals surface area contributed by atoms with Gasteiger partial charge < -0.3 is 5.32 Å². The number of nitrogens with one attached hydrogen (secondary N) is 1. The highest BCUT2D eigenvalue weighted by Gasteiger charge is 2.43. The number of benzene rings is 2. The first-order chi connectivity index (χ1) is 12.5. The number of hydrogen-bond donors (Lipinski definition) is 1. The Labute approximate surface area is 157 Å². The molecule has 0 aliphatic carbocycles. The van der Waals surface area contributed by atoms with E-state index in [0.717, 1.165) is 18.7 Å². The van der Waals surface area contributed by atoms with Gasteiger partial charge in [0, 0.05) is 36.0 Å². The van der Waals surface area contributed by atoms with Gasteiger partial charge in [0.05, 0.1) is 5.41 Å². The van der Waals surface area contributed by atoms with Crippen molar-refractivity contribution in [3.63, 3.8) is 0 Å². The van der Waals surface area contributed by atoms with Crippen molar-refractivity contribution < 1.29 is 4.58 Å². The second-order valence-electron chi connectivity index (χ2n) is 7.41. The van der Waals surface area contributed by atoms with Crippen LogP contribution in [0.2, 0.25) is 0 Å². The molecule has 3 rings (SSSR count). The number of aryl methyl sites for hydroxylation is 1. The molecule has 0 radical (unpaired) electrons. The summed E-state index contributed by atoms with van der Waals surface area (Å²) in [6.45, 7) is 10.1. The molecule has 2 heteroatoms. The van der Waals surface area contributed by atoms with E-state index < -0.39 is 0 Å². The monoisotopic (exact) mass is 345 g/mol. The van der Waals surface area contributed by atoms with Gasteiger partial charge in [-0.2, -0.15) is 4.58 Å². The van der Waals surface area contributed by atoms with Gasteiger partial charge in [0.1, 0.15) is 6.54 Å². The van der Waals surface area contributed by atoms with Crippen molar-refractivity contribution in [2.45, 2.75) is 39.5 Å². The SMILES string of the molecule is CCC[N+]1=C(/C=C/C=C/Nc2ccccc2)C(C)(C)c2cc(C)ccc21. The highest BCUT2D eigenvalue weighted by Crippen LogP contribution is 2.40. The average molecular weight is 346 g/mol. The van der Waals surface area contributed by atoms with E-state index in [1.807, 2.05) is 24.4 Å². The highest BCUT2D eigenvalue weighted by molar-refractivity contribution is 6.03. The molecular weight excluding hydrogens is 316 g/mol. The summed E-state index contributed by atoms with van der Waals surface area (Å²) in [5.41, 5.74) is 6.59. The normalized spacial score (nSPS) is 15.8. The van der Waals surface area contributed by atoms with E-state index in [-0.39, 0.29) is 5.41 Å². The quantitative estimate of drug-likeness (QED) is 0.504. The lowest BCUT2D eigenvalue weighted by Crippen LogP contribution is -2.27. The third-order valence-electron chi connectivity index (χ3n) is 4.98. The lowest BCUT2D eigenvalue weighted by Gasteiger charge is -2.15. The molecule has 2 aromatic rings. The highest BCUT2D eigenvalue weighted by atomic mass is 15.1. The number of para-hydroxylation sites is 1. The number of fused-ring (bicyclic) bond motifs is 1. The summed E-state index contributed by atoms with van der Waals surface area (Å²) >= 11 is 0. The van der Waals surface area contributed by atoms with Gasteiger partial charge in [0.25, 0.3) is 0 Å². The fourth-order valence-corrected chi connectivity index (χ4v) is 3.63. The molecule has 0 atom stereocenters. The lowest BCUT2D eigenvalue weighted by molar-refractivity contribution is -0.437. The van der Waals surface area contributed by atoms with E-state index in [1.165, 1.54) is 22.5 Å². The minimum absolute atomic E-state index is 0.0215. The Hall–Kier alpha value is -2.61. The van der Waals surface area contributed by atoms with Crippen molar-refractivity contribution in [3.8, 4) is 0 Å². The molecule has 1 aliphatic heterocycles. The molecule has 2 nitrogen and oxygen atoms in total. The molecule has 26 heavy (non-hydrogen) atoms. The second-order valence-corrected chi connectivity index (χ2v) is 7.41. The van der Waals surface area contributed by atoms with Crippen LogP contribution < -0.4 is 5.32 Å². The van der Waals surface area contributed by atoms with Gasteiger partial charge in [-0.15, -0.1) is 0 Å². The summed E-state index contributed by atoms with van der Waals surface area (Å²) in [5.74, 6) is 0. The first kappa shape index (κ1) is 18.2. The molecule has 134 valence electrons. The van der Waals surface area contributed by atoms with Gasteiger partial charge >= 0.3 is 0 Å². The van der Waals surface area contributed by atoms with Crippen molar-refractivity contribution in [2.24, 2.45) is 0 Å². The molecule has 1 heterocycles. The minimum Gasteiger partial charge on any atom is -0.362 e. The Morgan fingerprint density at radius 3 is 2.54 bits per heavy atom. The molecule has 0 saturated carbocycles. The van der Waals surface area contributed by atoms with E-state index >= 15 is 0 Å². The van der Waals surface area contributed by atoms with E-state index in [0.29, 0.717) is 0 Å². The first-order valence-corrected chi connectivity index (χ1v) is 9.45. The van der Waals surface area contributed by atoms with Crippen LogP contribution in [-0.4, -0.2) is 16.8 Å². The molecule has 0 unspecified atom stereocenters. The summed E-state index contributed by atoms with van der Waals surface area (Å²) in [7, 11) is 0. The van der Waals surface area contributed by atoms with E-state index in [4.69, 9.17) is 0 Å². The Bertz CT molecular complexity index is 855. The van der Waals surface area contributed by atoms with Crippen LogP contribution in [0.25, 0.3) is 0 Å². The van der Waals surface area contributed by atoms with Crippen LogP contribution in [-0.2, 0) is 5.41 Å². The van der Waals surface area contributed by atoms with Crippen molar-refractivity contribution in [2.75, 3.05) is 11.9 Å². The molecule has 0 saturated heterocycles. The Morgan fingerprint density at radius 1 is 1.04 bits per heavy atom. The maximum atomic E-state index is 3.30. The third-order valence-corrected chi connectivity index (χ3v) is 4.98. The van der Waals surface area contributed by atoms with Gasteiger partial charge in [0.2, 0.25) is 5.69 Å². The Morgan fingerprint density at radius 2 is 1.81 bits per heavy atom. The predicted molar refractivity (Wildman–Crippen MR) is 113 cm³/mol. The van der Waals surface area contributed by atoms with Gasteiger partial charge in [-0.3, -0.25) is 0 Å². The standard InChI is InChI=1S/C24H28N2/c1-5-17-26-22-15-14-19(2)18-21(22)24(3,4)23(26)13-9-10-16-25-20-11-7-6-8-12-20/h6-16,18H,5,17H2,1-4H3/p+1. The van der Waals surface area contributed by atoms with Crippen molar-refractivity contribution in [3.05, 3.63) is 84.1 Å². The number of rotatable bonds is 6. The smallest absolute Gasteiger partial charge is 0.209 e. The maximum Gasteiger partial charge on any atom is 0.209 e. The second kappa shape index (κ2) is 7.74. The Kier molecular flexibility index (Phi) is 5.41. The molecule has 0 bridgehead atoms. The third kappa shape index (κ3) is 3.65. The maximum absolute atomic E-state index is 3.30. The van der Waals surface area contributed by atoms with Crippen LogP contribution >= 0.6 is 0 Å². The Balaban J connectivity index is 1.83. The fraction of sp³-hybridized carbons (Fsp3) is 0.292. The lowest BCUT2D eigenvalue weighted by atomic mass is 9.81. The number of allylic oxidation sites excluding steroid dienone is 3. The van der Waals surface area contributed by atoms with E-state index in [2.05, 4.69) is 86.1 Å². The molecule has 1 N–H and O–H groups in total. The molecule has 0 spiro atoms. The number of nitrogens with zero attached hydrogens (tertiary/aromatic N) is 1. The zero-order valence-corrected chi connectivity index (χ0v) is 16.3. The molecule has 0 amide bonds. The predicted octanol–water partition coefficient (Wildman–Crippen LogP) is 5.96. The summed E-state index contributed by atoms with van der Waals surface area (Å²) in [6, 6.07) is 17.0. The van der Waals surface area contributed by atoms with E-state index in [9.17, 15) is 0 Å². The molecule has 0 fully saturated rings. The van der Waals surface area contributed by atoms with Crippen LogP contribution in [0.15, 0.2) is 73.0 Å². The number of hydrogen-bond acceptors (Lipinski definition) is 1. The van der Waals surface area contributed by atoms with Crippen molar-refractivity contribution >= 4 is 17.1 Å². The topological polar surface area (TPSA) is 15.0 Å². The van der Waals surface area contributed by atoms with Crippen LogP contribution in [0.4, 0.5) is 11.4 Å². The van der Waals surface area contributed by atoms with Crippen LogP contribution in [0.1, 0.15) is 38.3 Å². The first-order valence-electron chi connectivity index (χ1n) is 9.45. The fourth-order valence-electron chi connectivity index (χ4n) is 3.63. The van der Waals surface area contributed by atoms with Crippen LogP contribution in [0.3, 0.4) is 0 Å². The molecule has 0 aromatic heterocycles. The van der Waals surface area contributed by atoms with Gasteiger partial charge in [0.15, 0.2) is 5.71 Å². The number of anilines is 1. The van der Waals surface area contributed by atoms with Gasteiger partial charge in [-0.25, -0.2) is 0 Å². The average Bonchev–Trinajstić information content (AvgIpc) is 2.83. The van der Waals surface area contributed by atoms with Gasteiger partial charge in [-0.05, 0) is 45.0 Å². The van der Waals surface area contributed by atoms with E-state index in [1.54, 1.807) is 0 Å². The summed E-state index contributed by atoms with van der Waals surface area (Å²) < 4.78 is 2.48. The van der Waals surface area contributed by atoms with Gasteiger partial charge in [-0.1, -0.05) is 42.8 Å². The zero-order valence-electron chi connectivity index (χ0n) is 16.3. The molecule has 2 aromatic carbocycles.